The molecule has 0 amide bonds. The van der Waals surface area contributed by atoms with Crippen molar-refractivity contribution >= 4 is 17.1 Å². The van der Waals surface area contributed by atoms with Gasteiger partial charge in [-0.2, -0.15) is 0 Å². The van der Waals surface area contributed by atoms with Gasteiger partial charge in [-0.05, 0) is 23.6 Å². The van der Waals surface area contributed by atoms with Gasteiger partial charge in [0, 0.05) is 7.05 Å². The fourth-order valence-electron chi connectivity index (χ4n) is 2.16. The third-order valence-electron chi connectivity index (χ3n) is 3.11. The number of hydrogen-bond donors (Lipinski definition) is 1. The number of hydrogen-bond acceptors (Lipinski definition) is 3. The van der Waals surface area contributed by atoms with Gasteiger partial charge >= 0.3 is 11.7 Å². The molecule has 1 N–H and O–H groups in total. The number of aromatic nitrogens is 1. The summed E-state index contributed by atoms with van der Waals surface area (Å²) in [6.07, 6.45) is 0. The van der Waals surface area contributed by atoms with E-state index in [4.69, 9.17) is 4.42 Å². The molecule has 2 rings (SSSR count). The maximum atomic E-state index is 11.4. The van der Waals surface area contributed by atoms with E-state index in [0.29, 0.717) is 16.7 Å². The van der Waals surface area contributed by atoms with E-state index in [1.54, 1.807) is 25.2 Å². The normalized spacial score (nSPS) is 13.1. The van der Waals surface area contributed by atoms with Gasteiger partial charge in [-0.3, -0.25) is 9.36 Å². The number of aliphatic carboxylic acids is 1. The van der Waals surface area contributed by atoms with Crippen molar-refractivity contribution in [2.24, 2.45) is 13.0 Å². The predicted octanol–water partition coefficient (Wildman–Crippen LogP) is 1.96. The molecule has 0 radical (unpaired) electrons. The summed E-state index contributed by atoms with van der Waals surface area (Å²) < 4.78 is 6.46. The quantitative estimate of drug-likeness (QED) is 0.902. The zero-order valence-electron chi connectivity index (χ0n) is 10.5. The van der Waals surface area contributed by atoms with Crippen LogP contribution in [0.1, 0.15) is 25.3 Å². The highest BCUT2D eigenvalue weighted by atomic mass is 16.4. The Morgan fingerprint density at radius 3 is 2.61 bits per heavy atom. The Bertz CT molecular complexity index is 651. The average Bonchev–Trinajstić information content (AvgIpc) is 2.53. The van der Waals surface area contributed by atoms with E-state index in [1.165, 1.54) is 4.57 Å². The van der Waals surface area contributed by atoms with Crippen molar-refractivity contribution in [1.82, 2.24) is 4.57 Å². The lowest BCUT2D eigenvalue weighted by Crippen LogP contribution is -2.17. The molecule has 1 unspecified atom stereocenters. The first-order valence-electron chi connectivity index (χ1n) is 5.74. The third-order valence-corrected chi connectivity index (χ3v) is 3.11. The first kappa shape index (κ1) is 12.4. The number of rotatable bonds is 3. The van der Waals surface area contributed by atoms with Crippen LogP contribution in [0.4, 0.5) is 0 Å². The van der Waals surface area contributed by atoms with Crippen molar-refractivity contribution < 1.29 is 14.3 Å². The largest absolute Gasteiger partial charge is 0.481 e. The lowest BCUT2D eigenvalue weighted by molar-refractivity contribution is -0.139. The maximum absolute atomic E-state index is 11.4. The van der Waals surface area contributed by atoms with Crippen LogP contribution in [0.15, 0.2) is 27.4 Å². The van der Waals surface area contributed by atoms with E-state index in [1.807, 2.05) is 13.8 Å². The van der Waals surface area contributed by atoms with Gasteiger partial charge in [0.1, 0.15) is 0 Å². The second kappa shape index (κ2) is 4.33. The average molecular weight is 249 g/mol. The Labute approximate surface area is 104 Å². The van der Waals surface area contributed by atoms with Gasteiger partial charge in [0.15, 0.2) is 5.58 Å². The van der Waals surface area contributed by atoms with Gasteiger partial charge in [0.25, 0.3) is 0 Å². The molecule has 0 aliphatic rings. The molecule has 18 heavy (non-hydrogen) atoms. The monoisotopic (exact) mass is 249 g/mol. The number of carboxylic acid groups (broad SMARTS) is 1. The van der Waals surface area contributed by atoms with Crippen LogP contribution >= 0.6 is 0 Å². The summed E-state index contributed by atoms with van der Waals surface area (Å²) in [5.74, 6) is -1.95. The zero-order chi connectivity index (χ0) is 13.4. The summed E-state index contributed by atoms with van der Waals surface area (Å²) in [6.45, 7) is 3.70. The molecule has 0 spiro atoms. The lowest BCUT2D eigenvalue weighted by Gasteiger charge is -2.16. The van der Waals surface area contributed by atoms with Gasteiger partial charge < -0.3 is 9.52 Å². The maximum Gasteiger partial charge on any atom is 0.419 e. The fourth-order valence-corrected chi connectivity index (χ4v) is 2.16. The lowest BCUT2D eigenvalue weighted by atomic mass is 9.88. The van der Waals surface area contributed by atoms with Crippen LogP contribution in [0.2, 0.25) is 0 Å². The summed E-state index contributed by atoms with van der Waals surface area (Å²) in [5, 5.41) is 9.23. The predicted molar refractivity (Wildman–Crippen MR) is 66.7 cm³/mol. The molecule has 0 aliphatic carbocycles. The first-order chi connectivity index (χ1) is 8.41. The Morgan fingerprint density at radius 2 is 2.06 bits per heavy atom. The molecular weight excluding hydrogens is 234 g/mol. The molecule has 0 saturated heterocycles. The van der Waals surface area contributed by atoms with Crippen molar-refractivity contribution in [2.75, 3.05) is 0 Å². The number of aryl methyl sites for hydroxylation is 1. The van der Waals surface area contributed by atoms with Crippen molar-refractivity contribution in [2.45, 2.75) is 19.8 Å². The number of carboxylic acids is 1. The Morgan fingerprint density at radius 1 is 1.39 bits per heavy atom. The van der Waals surface area contributed by atoms with Crippen LogP contribution < -0.4 is 5.76 Å². The van der Waals surface area contributed by atoms with Gasteiger partial charge in [-0.1, -0.05) is 19.9 Å². The summed E-state index contributed by atoms with van der Waals surface area (Å²) in [5.41, 5.74) is 1.74. The highest BCUT2D eigenvalue weighted by Gasteiger charge is 2.24. The fraction of sp³-hybridized carbons (Fsp3) is 0.385. The number of nitrogens with zero attached hydrogens (tertiary/aromatic N) is 1. The molecule has 0 bridgehead atoms. The molecule has 96 valence electrons. The number of fused-ring (bicyclic) bond motifs is 1. The minimum atomic E-state index is -0.873. The van der Waals surface area contributed by atoms with Gasteiger partial charge in [-0.15, -0.1) is 0 Å². The summed E-state index contributed by atoms with van der Waals surface area (Å²) in [7, 11) is 1.62. The zero-order valence-corrected chi connectivity index (χ0v) is 10.5. The summed E-state index contributed by atoms with van der Waals surface area (Å²) in [6, 6.07) is 5.08. The van der Waals surface area contributed by atoms with E-state index in [2.05, 4.69) is 0 Å². The number of benzene rings is 1. The second-order valence-corrected chi connectivity index (χ2v) is 4.71. The van der Waals surface area contributed by atoms with Gasteiger partial charge in [0.2, 0.25) is 0 Å². The third kappa shape index (κ3) is 1.92. The Hall–Kier alpha value is -2.04. The number of carbonyl (C=O) groups is 1. The van der Waals surface area contributed by atoms with Crippen LogP contribution in [0.25, 0.3) is 11.1 Å². The van der Waals surface area contributed by atoms with Crippen molar-refractivity contribution in [1.29, 1.82) is 0 Å². The SMILES string of the molecule is CC(C)C(C(=O)O)c1ccc2c(c1)oc(=O)n2C. The molecule has 1 aromatic carbocycles. The minimum Gasteiger partial charge on any atom is -0.481 e. The summed E-state index contributed by atoms with van der Waals surface area (Å²) >= 11 is 0. The van der Waals surface area contributed by atoms with E-state index in [0.717, 1.165) is 0 Å². The van der Waals surface area contributed by atoms with E-state index in [9.17, 15) is 14.7 Å². The first-order valence-corrected chi connectivity index (χ1v) is 5.74. The molecule has 1 atom stereocenters. The Balaban J connectivity index is 2.59. The van der Waals surface area contributed by atoms with E-state index in [-0.39, 0.29) is 5.92 Å². The van der Waals surface area contributed by atoms with Gasteiger partial charge in [0.05, 0.1) is 11.4 Å². The second-order valence-electron chi connectivity index (χ2n) is 4.71. The Kier molecular flexibility index (Phi) is 2.98. The standard InChI is InChI=1S/C13H15NO4/c1-7(2)11(12(15)16)8-4-5-9-10(6-8)18-13(17)14(9)3/h4-7,11H,1-3H3,(H,15,16). The van der Waals surface area contributed by atoms with Crippen molar-refractivity contribution in [3.8, 4) is 0 Å². The van der Waals surface area contributed by atoms with Crippen LogP contribution in [0.3, 0.4) is 0 Å². The molecule has 5 heteroatoms. The molecule has 0 fully saturated rings. The molecule has 2 aromatic rings. The molecule has 1 aromatic heterocycles. The molecule has 0 saturated carbocycles. The highest BCUT2D eigenvalue weighted by Crippen LogP contribution is 2.27. The topological polar surface area (TPSA) is 72.4 Å². The minimum absolute atomic E-state index is 0.0321. The number of oxazole rings is 1. The van der Waals surface area contributed by atoms with Crippen molar-refractivity contribution in [3.05, 3.63) is 34.3 Å². The van der Waals surface area contributed by atoms with E-state index < -0.39 is 17.6 Å². The van der Waals surface area contributed by atoms with Gasteiger partial charge in [-0.25, -0.2) is 4.79 Å². The van der Waals surface area contributed by atoms with E-state index >= 15 is 0 Å². The van der Waals surface area contributed by atoms with Crippen LogP contribution in [0.5, 0.6) is 0 Å². The van der Waals surface area contributed by atoms with Crippen LogP contribution in [0, 0.1) is 5.92 Å². The molecule has 1 heterocycles. The highest BCUT2D eigenvalue weighted by molar-refractivity contribution is 5.80. The molecule has 0 aliphatic heterocycles. The van der Waals surface area contributed by atoms with Crippen LogP contribution in [-0.2, 0) is 11.8 Å². The summed E-state index contributed by atoms with van der Waals surface area (Å²) in [4.78, 5) is 22.6. The molecule has 5 nitrogen and oxygen atoms in total. The van der Waals surface area contributed by atoms with Crippen LogP contribution in [-0.4, -0.2) is 15.6 Å². The molecular formula is C13H15NO4. The van der Waals surface area contributed by atoms with Crippen molar-refractivity contribution in [3.63, 3.8) is 0 Å². The smallest absolute Gasteiger partial charge is 0.419 e.